The minimum Gasteiger partial charge on any atom is -0.455 e. The Labute approximate surface area is 306 Å². The van der Waals surface area contributed by atoms with Crippen LogP contribution in [0.1, 0.15) is 5.56 Å². The van der Waals surface area contributed by atoms with Gasteiger partial charge in [-0.1, -0.05) is 91.0 Å². The third-order valence-corrected chi connectivity index (χ3v) is 11.0. The molecule has 0 aliphatic carbocycles. The van der Waals surface area contributed by atoms with Crippen LogP contribution >= 0.6 is 0 Å². The molecule has 7 aromatic carbocycles. The monoisotopic (exact) mass is 690 g/mol. The Bertz CT molecular complexity index is 3590. The Morgan fingerprint density at radius 2 is 0.963 bits per heavy atom. The zero-order chi connectivity index (χ0) is 35.5. The highest BCUT2D eigenvalue weighted by molar-refractivity contribution is 6.25. The second-order valence-electron chi connectivity index (χ2n) is 13.8. The summed E-state index contributed by atoms with van der Waals surface area (Å²) in [6.45, 7) is 0. The van der Waals surface area contributed by atoms with Crippen LogP contribution in [0.15, 0.2) is 167 Å². The molecule has 0 radical (unpaired) electrons. The number of aromatic nitrogens is 3. The zero-order valence-electron chi connectivity index (χ0n) is 28.6. The van der Waals surface area contributed by atoms with E-state index in [-0.39, 0.29) is 0 Å². The van der Waals surface area contributed by atoms with E-state index < -0.39 is 0 Å². The second-order valence-corrected chi connectivity index (χ2v) is 13.8. The van der Waals surface area contributed by atoms with Gasteiger partial charge in [-0.15, -0.1) is 0 Å². The molecule has 0 saturated heterocycles. The van der Waals surface area contributed by atoms with Crippen molar-refractivity contribution < 1.29 is 8.83 Å². The first-order valence-electron chi connectivity index (χ1n) is 17.9. The van der Waals surface area contributed by atoms with Crippen LogP contribution < -0.4 is 0 Å². The minimum atomic E-state index is 0.586. The van der Waals surface area contributed by atoms with Crippen molar-refractivity contribution >= 4 is 87.5 Å². The van der Waals surface area contributed by atoms with E-state index in [1.54, 1.807) is 0 Å². The number of pyridine rings is 1. The van der Waals surface area contributed by atoms with Gasteiger partial charge in [0.2, 0.25) is 0 Å². The molecule has 0 saturated carbocycles. The van der Waals surface area contributed by atoms with Crippen LogP contribution in [0.25, 0.3) is 110 Å². The first-order valence-corrected chi connectivity index (χ1v) is 17.9. The number of nitriles is 1. The number of hydrogen-bond acceptors (Lipinski definition) is 4. The van der Waals surface area contributed by atoms with Gasteiger partial charge in [0, 0.05) is 49.6 Å². The summed E-state index contributed by atoms with van der Waals surface area (Å²) in [6.07, 6.45) is 1.86. The molecule has 54 heavy (non-hydrogen) atoms. The average Bonchev–Trinajstić information content (AvgIpc) is 3.98. The van der Waals surface area contributed by atoms with Gasteiger partial charge >= 0.3 is 0 Å². The van der Waals surface area contributed by atoms with Crippen molar-refractivity contribution in [1.82, 2.24) is 14.1 Å². The van der Waals surface area contributed by atoms with Crippen molar-refractivity contribution in [3.8, 4) is 28.7 Å². The van der Waals surface area contributed by atoms with Gasteiger partial charge in [-0.25, -0.2) is 4.98 Å². The molecule has 12 aromatic rings. The van der Waals surface area contributed by atoms with E-state index in [9.17, 15) is 5.26 Å². The van der Waals surface area contributed by atoms with Crippen LogP contribution in [0.3, 0.4) is 0 Å². The Morgan fingerprint density at radius 3 is 1.59 bits per heavy atom. The molecule has 0 spiro atoms. The predicted octanol–water partition coefficient (Wildman–Crippen LogP) is 12.6. The molecule has 5 aromatic heterocycles. The molecule has 12 rings (SSSR count). The summed E-state index contributed by atoms with van der Waals surface area (Å²) in [6, 6.07) is 54.3. The van der Waals surface area contributed by atoms with Crippen molar-refractivity contribution in [1.29, 1.82) is 5.26 Å². The van der Waals surface area contributed by atoms with Crippen molar-refractivity contribution in [3.63, 3.8) is 0 Å². The number of para-hydroxylation sites is 4. The zero-order valence-corrected chi connectivity index (χ0v) is 28.6. The van der Waals surface area contributed by atoms with Gasteiger partial charge in [-0.2, -0.15) is 5.26 Å². The molecule has 0 fully saturated rings. The fourth-order valence-electron chi connectivity index (χ4n) is 8.80. The van der Waals surface area contributed by atoms with Crippen LogP contribution in [-0.4, -0.2) is 14.1 Å². The summed E-state index contributed by atoms with van der Waals surface area (Å²) in [5.41, 5.74) is 10.5. The van der Waals surface area contributed by atoms with Gasteiger partial charge < -0.3 is 13.4 Å². The van der Waals surface area contributed by atoms with Crippen LogP contribution in [0.5, 0.6) is 0 Å². The van der Waals surface area contributed by atoms with E-state index in [4.69, 9.17) is 13.8 Å². The maximum atomic E-state index is 10.4. The highest BCUT2D eigenvalue weighted by Crippen LogP contribution is 2.46. The standard InChI is InChI=1S/C48H26N4O2/c49-27-28-11-1-2-12-29(28)32-25-26-50-48(52-38-18-8-4-16-36(38)44-40(52)24-22-34-31-14-6-10-20-42(31)54-47(34)44)45(32)51-37-17-7-3-15-35(37)43-39(51)23-21-33-30-13-5-9-19-41(30)53-46(33)43/h1-26H. The SMILES string of the molecule is N#Cc1ccccc1-c1ccnc(-n2c3ccccc3c3c4oc5ccccc5c4ccc32)c1-n1c2ccccc2c2c3oc4ccccc4c3ccc21. The van der Waals surface area contributed by atoms with Gasteiger partial charge in [-0.05, 0) is 60.7 Å². The van der Waals surface area contributed by atoms with E-state index >= 15 is 0 Å². The van der Waals surface area contributed by atoms with E-state index in [1.165, 1.54) is 0 Å². The highest BCUT2D eigenvalue weighted by Gasteiger charge is 2.27. The Morgan fingerprint density at radius 1 is 0.444 bits per heavy atom. The van der Waals surface area contributed by atoms with Gasteiger partial charge in [0.15, 0.2) is 5.82 Å². The van der Waals surface area contributed by atoms with Crippen LogP contribution in [-0.2, 0) is 0 Å². The molecule has 0 aliphatic heterocycles. The van der Waals surface area contributed by atoms with Gasteiger partial charge in [0.1, 0.15) is 22.3 Å². The smallest absolute Gasteiger partial charge is 0.162 e. The molecule has 0 aliphatic rings. The number of rotatable bonds is 3. The number of furan rings is 2. The lowest BCUT2D eigenvalue weighted by molar-refractivity contribution is 0.672. The molecule has 0 N–H and O–H groups in total. The van der Waals surface area contributed by atoms with Gasteiger partial charge in [-0.3, -0.25) is 4.57 Å². The molecular formula is C48H26N4O2. The highest BCUT2D eigenvalue weighted by atomic mass is 16.3. The maximum Gasteiger partial charge on any atom is 0.162 e. The van der Waals surface area contributed by atoms with E-state index in [2.05, 4.69) is 112 Å². The van der Waals surface area contributed by atoms with Crippen molar-refractivity contribution in [2.45, 2.75) is 0 Å². The van der Waals surface area contributed by atoms with E-state index in [1.807, 2.05) is 60.8 Å². The first-order chi connectivity index (χ1) is 26.8. The molecule has 6 heteroatoms. The lowest BCUT2D eigenvalue weighted by Crippen LogP contribution is -2.08. The molecule has 0 atom stereocenters. The summed E-state index contributed by atoms with van der Waals surface area (Å²) in [5, 5.41) is 18.9. The normalized spacial score (nSPS) is 12.1. The van der Waals surface area contributed by atoms with Crippen molar-refractivity contribution in [3.05, 3.63) is 163 Å². The van der Waals surface area contributed by atoms with E-state index in [0.717, 1.165) is 110 Å². The molecule has 6 nitrogen and oxygen atoms in total. The first kappa shape index (κ1) is 29.0. The fourth-order valence-corrected chi connectivity index (χ4v) is 8.80. The topological polar surface area (TPSA) is 72.8 Å². The molecule has 0 amide bonds. The predicted molar refractivity (Wildman–Crippen MR) is 218 cm³/mol. The van der Waals surface area contributed by atoms with Gasteiger partial charge in [0.05, 0.1) is 50.2 Å². The third kappa shape index (κ3) is 3.74. The lowest BCUT2D eigenvalue weighted by Gasteiger charge is -2.20. The van der Waals surface area contributed by atoms with Crippen LogP contribution in [0.4, 0.5) is 0 Å². The number of fused-ring (bicyclic) bond motifs is 14. The van der Waals surface area contributed by atoms with Crippen LogP contribution in [0, 0.1) is 11.3 Å². The maximum absolute atomic E-state index is 10.4. The Hall–Kier alpha value is -7.62. The summed E-state index contributed by atoms with van der Waals surface area (Å²) >= 11 is 0. The third-order valence-electron chi connectivity index (χ3n) is 11.0. The molecule has 5 heterocycles. The summed E-state index contributed by atoms with van der Waals surface area (Å²) in [4.78, 5) is 5.26. The number of nitrogens with zero attached hydrogens (tertiary/aromatic N) is 4. The number of hydrogen-bond donors (Lipinski definition) is 0. The van der Waals surface area contributed by atoms with E-state index in [0.29, 0.717) is 5.56 Å². The molecule has 0 unspecified atom stereocenters. The molecular weight excluding hydrogens is 665 g/mol. The quantitative estimate of drug-likeness (QED) is 0.185. The summed E-state index contributed by atoms with van der Waals surface area (Å²) in [5.74, 6) is 0.731. The largest absolute Gasteiger partial charge is 0.455 e. The molecule has 0 bridgehead atoms. The van der Waals surface area contributed by atoms with Crippen molar-refractivity contribution in [2.24, 2.45) is 0 Å². The van der Waals surface area contributed by atoms with Crippen molar-refractivity contribution in [2.75, 3.05) is 0 Å². The summed E-state index contributed by atoms with van der Waals surface area (Å²) < 4.78 is 17.9. The fraction of sp³-hybridized carbons (Fsp3) is 0. The Balaban J connectivity index is 1.29. The number of benzene rings is 7. The lowest BCUT2D eigenvalue weighted by atomic mass is 9.99. The van der Waals surface area contributed by atoms with Crippen LogP contribution in [0.2, 0.25) is 0 Å². The second kappa shape index (κ2) is 10.7. The Kier molecular flexibility index (Phi) is 5.75. The average molecular weight is 691 g/mol. The van der Waals surface area contributed by atoms with Gasteiger partial charge in [0.25, 0.3) is 0 Å². The molecule has 250 valence electrons. The minimum absolute atomic E-state index is 0.586. The summed E-state index contributed by atoms with van der Waals surface area (Å²) in [7, 11) is 0.